The van der Waals surface area contributed by atoms with Crippen LogP contribution in [0.4, 0.5) is 4.39 Å². The number of fused-ring (bicyclic) bond motifs is 1. The lowest BCUT2D eigenvalue weighted by molar-refractivity contribution is 0.100. The van der Waals surface area contributed by atoms with Gasteiger partial charge in [-0.2, -0.15) is 0 Å². The summed E-state index contributed by atoms with van der Waals surface area (Å²) >= 11 is 0. The van der Waals surface area contributed by atoms with Gasteiger partial charge >= 0.3 is 0 Å². The number of rotatable bonds is 4. The molecular weight excluding hydrogens is 285 g/mol. The van der Waals surface area contributed by atoms with Gasteiger partial charge in [0.25, 0.3) is 5.91 Å². The summed E-state index contributed by atoms with van der Waals surface area (Å²) in [5.74, 6) is -0.427. The number of hydrogen-bond acceptors (Lipinski definition) is 3. The highest BCUT2D eigenvalue weighted by Gasteiger charge is 2.15. The third kappa shape index (κ3) is 2.50. The van der Waals surface area contributed by atoms with Crippen LogP contribution in [0.15, 0.2) is 42.6 Å². The molecule has 1 aromatic carbocycles. The maximum atomic E-state index is 13.0. The molecule has 3 rings (SSSR count). The average molecular weight is 299 g/mol. The number of amides is 1. The van der Waals surface area contributed by atoms with E-state index in [4.69, 9.17) is 10.5 Å². The fourth-order valence-corrected chi connectivity index (χ4v) is 2.36. The molecule has 22 heavy (non-hydrogen) atoms. The van der Waals surface area contributed by atoms with Crippen LogP contribution < -0.4 is 10.5 Å². The van der Waals surface area contributed by atoms with E-state index < -0.39 is 5.91 Å². The van der Waals surface area contributed by atoms with Crippen LogP contribution in [0.3, 0.4) is 0 Å². The van der Waals surface area contributed by atoms with Gasteiger partial charge in [-0.1, -0.05) is 12.1 Å². The first-order chi connectivity index (χ1) is 10.6. The zero-order valence-corrected chi connectivity index (χ0v) is 11.9. The predicted molar refractivity (Wildman–Crippen MR) is 80.3 cm³/mol. The lowest BCUT2D eigenvalue weighted by Gasteiger charge is -2.06. The lowest BCUT2D eigenvalue weighted by atomic mass is 10.2. The van der Waals surface area contributed by atoms with Gasteiger partial charge in [-0.15, -0.1) is 0 Å². The van der Waals surface area contributed by atoms with E-state index in [1.54, 1.807) is 24.4 Å². The summed E-state index contributed by atoms with van der Waals surface area (Å²) in [4.78, 5) is 15.9. The topological polar surface area (TPSA) is 70.1 Å². The zero-order valence-electron chi connectivity index (χ0n) is 11.9. The summed E-state index contributed by atoms with van der Waals surface area (Å²) < 4.78 is 19.9. The van der Waals surface area contributed by atoms with Crippen LogP contribution >= 0.6 is 0 Å². The molecule has 0 unspecified atom stereocenters. The number of primary amides is 1. The Morgan fingerprint density at radius 1 is 1.27 bits per heavy atom. The maximum absolute atomic E-state index is 13.0. The Morgan fingerprint density at radius 3 is 2.64 bits per heavy atom. The van der Waals surface area contributed by atoms with E-state index in [-0.39, 0.29) is 5.82 Å². The Morgan fingerprint density at radius 2 is 2.00 bits per heavy atom. The first-order valence-corrected chi connectivity index (χ1v) is 6.66. The van der Waals surface area contributed by atoms with Gasteiger partial charge in [-0.05, 0) is 23.8 Å². The fraction of sp³-hybridized carbons (Fsp3) is 0.125. The van der Waals surface area contributed by atoms with E-state index in [1.807, 2.05) is 10.6 Å². The van der Waals surface area contributed by atoms with Crippen LogP contribution in [-0.4, -0.2) is 22.6 Å². The number of methoxy groups -OCH3 is 1. The highest BCUT2D eigenvalue weighted by atomic mass is 19.1. The molecule has 0 bridgehead atoms. The highest BCUT2D eigenvalue weighted by Crippen LogP contribution is 2.23. The van der Waals surface area contributed by atoms with Crippen molar-refractivity contribution in [1.82, 2.24) is 9.55 Å². The minimum Gasteiger partial charge on any atom is -0.481 e. The second-order valence-corrected chi connectivity index (χ2v) is 4.88. The normalized spacial score (nSPS) is 10.8. The van der Waals surface area contributed by atoms with E-state index in [1.165, 1.54) is 19.2 Å². The van der Waals surface area contributed by atoms with Gasteiger partial charge in [0.15, 0.2) is 0 Å². The molecule has 2 heterocycles. The third-order valence-electron chi connectivity index (χ3n) is 3.44. The van der Waals surface area contributed by atoms with Crippen LogP contribution in [0.5, 0.6) is 5.88 Å². The summed E-state index contributed by atoms with van der Waals surface area (Å²) in [6.45, 7) is 0.484. The Labute approximate surface area is 126 Å². The van der Waals surface area contributed by atoms with E-state index >= 15 is 0 Å². The van der Waals surface area contributed by atoms with Crippen molar-refractivity contribution >= 4 is 16.9 Å². The molecule has 2 N–H and O–H groups in total. The van der Waals surface area contributed by atoms with Crippen LogP contribution in [0.2, 0.25) is 0 Å². The van der Waals surface area contributed by atoms with Crippen molar-refractivity contribution in [2.75, 3.05) is 7.11 Å². The third-order valence-corrected chi connectivity index (χ3v) is 3.44. The molecule has 0 atom stereocenters. The molecular formula is C16H14FN3O2. The SMILES string of the molecule is COc1ccc2c(n1)c(C(N)=O)cn2Cc1ccc(F)cc1. The van der Waals surface area contributed by atoms with Crippen molar-refractivity contribution < 1.29 is 13.9 Å². The van der Waals surface area contributed by atoms with Crippen molar-refractivity contribution in [3.8, 4) is 5.88 Å². The molecule has 0 aliphatic rings. The predicted octanol–water partition coefficient (Wildman–Crippen LogP) is 2.33. The first kappa shape index (κ1) is 14.1. The Kier molecular flexibility index (Phi) is 3.50. The molecule has 0 aliphatic carbocycles. The number of halogens is 1. The molecule has 2 aromatic heterocycles. The van der Waals surface area contributed by atoms with Gasteiger partial charge in [0.05, 0.1) is 18.2 Å². The molecule has 0 saturated heterocycles. The van der Waals surface area contributed by atoms with Crippen LogP contribution in [0.25, 0.3) is 11.0 Å². The number of pyridine rings is 1. The van der Waals surface area contributed by atoms with Gasteiger partial charge in [0.1, 0.15) is 11.3 Å². The molecule has 0 spiro atoms. The maximum Gasteiger partial charge on any atom is 0.252 e. The van der Waals surface area contributed by atoms with E-state index in [0.29, 0.717) is 23.5 Å². The smallest absolute Gasteiger partial charge is 0.252 e. The molecule has 1 amide bonds. The Bertz CT molecular complexity index is 840. The molecule has 112 valence electrons. The molecule has 5 nitrogen and oxygen atoms in total. The lowest BCUT2D eigenvalue weighted by Crippen LogP contribution is -2.10. The van der Waals surface area contributed by atoms with Gasteiger partial charge in [-0.3, -0.25) is 4.79 Å². The molecule has 0 fully saturated rings. The highest BCUT2D eigenvalue weighted by molar-refractivity contribution is 6.04. The Hall–Kier alpha value is -2.89. The van der Waals surface area contributed by atoms with Crippen molar-refractivity contribution in [1.29, 1.82) is 0 Å². The Balaban J connectivity index is 2.09. The van der Waals surface area contributed by atoms with Gasteiger partial charge in [0, 0.05) is 18.8 Å². The average Bonchev–Trinajstić information content (AvgIpc) is 2.87. The second-order valence-electron chi connectivity index (χ2n) is 4.88. The molecule has 0 radical (unpaired) electrons. The minimum absolute atomic E-state index is 0.287. The molecule has 3 aromatic rings. The fourth-order valence-electron chi connectivity index (χ4n) is 2.36. The summed E-state index contributed by atoms with van der Waals surface area (Å²) in [7, 11) is 1.51. The van der Waals surface area contributed by atoms with Gasteiger partial charge < -0.3 is 15.0 Å². The zero-order chi connectivity index (χ0) is 15.7. The summed E-state index contributed by atoms with van der Waals surface area (Å²) in [6, 6.07) is 9.73. The number of carbonyl (C=O) groups excluding carboxylic acids is 1. The number of nitrogens with zero attached hydrogens (tertiary/aromatic N) is 2. The van der Waals surface area contributed by atoms with Crippen molar-refractivity contribution in [3.05, 3.63) is 59.5 Å². The standard InChI is InChI=1S/C16H14FN3O2/c1-22-14-7-6-13-15(19-14)12(16(18)21)9-20(13)8-10-2-4-11(17)5-3-10/h2-7,9H,8H2,1H3,(H2,18,21). The second kappa shape index (κ2) is 5.48. The van der Waals surface area contributed by atoms with Gasteiger partial charge in [-0.25, -0.2) is 9.37 Å². The van der Waals surface area contributed by atoms with E-state index in [0.717, 1.165) is 11.1 Å². The van der Waals surface area contributed by atoms with Crippen LogP contribution in [0, 0.1) is 5.82 Å². The number of carbonyl (C=O) groups is 1. The van der Waals surface area contributed by atoms with Crippen LogP contribution in [-0.2, 0) is 6.54 Å². The van der Waals surface area contributed by atoms with E-state index in [9.17, 15) is 9.18 Å². The minimum atomic E-state index is -0.552. The van der Waals surface area contributed by atoms with E-state index in [2.05, 4.69) is 4.98 Å². The number of benzene rings is 1. The number of aromatic nitrogens is 2. The molecule has 6 heteroatoms. The number of ether oxygens (including phenoxy) is 1. The van der Waals surface area contributed by atoms with Gasteiger partial charge in [0.2, 0.25) is 5.88 Å². The number of nitrogens with two attached hydrogens (primary N) is 1. The first-order valence-electron chi connectivity index (χ1n) is 6.66. The largest absolute Gasteiger partial charge is 0.481 e. The number of hydrogen-bond donors (Lipinski definition) is 1. The summed E-state index contributed by atoms with van der Waals surface area (Å²) in [5.41, 5.74) is 7.91. The molecule has 0 saturated carbocycles. The quantitative estimate of drug-likeness (QED) is 0.803. The van der Waals surface area contributed by atoms with Crippen molar-refractivity contribution in [2.45, 2.75) is 6.54 Å². The molecule has 0 aliphatic heterocycles. The van der Waals surface area contributed by atoms with Crippen molar-refractivity contribution in [2.24, 2.45) is 5.73 Å². The summed E-state index contributed by atoms with van der Waals surface area (Å²) in [6.07, 6.45) is 1.66. The monoisotopic (exact) mass is 299 g/mol. The van der Waals surface area contributed by atoms with Crippen LogP contribution in [0.1, 0.15) is 15.9 Å². The summed E-state index contributed by atoms with van der Waals surface area (Å²) in [5, 5.41) is 0. The van der Waals surface area contributed by atoms with Crippen molar-refractivity contribution in [3.63, 3.8) is 0 Å².